The molecule has 1 aromatic carbocycles. The van der Waals surface area contributed by atoms with Crippen LogP contribution >= 0.6 is 11.3 Å². The Morgan fingerprint density at radius 2 is 2.00 bits per heavy atom. The molecule has 1 aromatic heterocycles. The Bertz CT molecular complexity index is 545. The first-order valence-electron chi connectivity index (χ1n) is 5.92. The van der Waals surface area contributed by atoms with Crippen LogP contribution in [0, 0.1) is 6.92 Å². The molecule has 0 saturated heterocycles. The van der Waals surface area contributed by atoms with Crippen molar-refractivity contribution in [2.45, 2.75) is 20.8 Å². The molecule has 0 aliphatic rings. The maximum atomic E-state index is 11.3. The van der Waals surface area contributed by atoms with Crippen LogP contribution in [-0.4, -0.2) is 17.3 Å². The molecule has 0 bridgehead atoms. The first kappa shape index (κ1) is 12.8. The van der Waals surface area contributed by atoms with Gasteiger partial charge in [0.1, 0.15) is 0 Å². The molecule has 0 saturated carbocycles. The number of benzene rings is 1. The Morgan fingerprint density at radius 1 is 1.33 bits per heavy atom. The van der Waals surface area contributed by atoms with Gasteiger partial charge in [0, 0.05) is 19.2 Å². The second-order valence-electron chi connectivity index (χ2n) is 4.14. The molecule has 94 valence electrons. The van der Waals surface area contributed by atoms with E-state index in [4.69, 9.17) is 0 Å². The normalized spacial score (nSPS) is 10.4. The lowest BCUT2D eigenvalue weighted by Gasteiger charge is -2.19. The minimum absolute atomic E-state index is 0.0682. The third kappa shape index (κ3) is 2.59. The third-order valence-electron chi connectivity index (χ3n) is 2.73. The molecule has 0 fully saturated rings. The highest BCUT2D eigenvalue weighted by molar-refractivity contribution is 7.17. The number of hydrogen-bond donors (Lipinski definition) is 0. The molecule has 2 rings (SSSR count). The van der Waals surface area contributed by atoms with Crippen molar-refractivity contribution in [2.75, 3.05) is 11.4 Å². The van der Waals surface area contributed by atoms with Crippen LogP contribution in [-0.2, 0) is 0 Å². The summed E-state index contributed by atoms with van der Waals surface area (Å²) < 4.78 is 0. The fourth-order valence-electron chi connectivity index (χ4n) is 1.71. The standard InChI is InChI=1S/C14H16N2OS/c1-4-16(12-7-5-10(2)6-8-12)14-15-9-13(18-14)11(3)17/h5-9H,4H2,1-3H3. The molecule has 2 aromatic rings. The van der Waals surface area contributed by atoms with E-state index in [0.717, 1.165) is 17.4 Å². The zero-order chi connectivity index (χ0) is 13.1. The predicted octanol–water partition coefficient (Wildman–Crippen LogP) is 3.81. The number of rotatable bonds is 4. The largest absolute Gasteiger partial charge is 0.318 e. The summed E-state index contributed by atoms with van der Waals surface area (Å²) in [4.78, 5) is 18.4. The van der Waals surface area contributed by atoms with E-state index in [9.17, 15) is 4.79 Å². The fourth-order valence-corrected chi connectivity index (χ4v) is 2.60. The van der Waals surface area contributed by atoms with Crippen molar-refractivity contribution < 1.29 is 4.79 Å². The van der Waals surface area contributed by atoms with Crippen LogP contribution < -0.4 is 4.90 Å². The van der Waals surface area contributed by atoms with Gasteiger partial charge in [0.15, 0.2) is 10.9 Å². The number of aryl methyl sites for hydroxylation is 1. The van der Waals surface area contributed by atoms with Gasteiger partial charge in [-0.15, -0.1) is 0 Å². The van der Waals surface area contributed by atoms with Crippen molar-refractivity contribution in [2.24, 2.45) is 0 Å². The van der Waals surface area contributed by atoms with Crippen molar-refractivity contribution in [1.82, 2.24) is 4.98 Å². The van der Waals surface area contributed by atoms with Gasteiger partial charge in [0.2, 0.25) is 0 Å². The molecule has 18 heavy (non-hydrogen) atoms. The maximum Gasteiger partial charge on any atom is 0.190 e. The molecule has 0 amide bonds. The number of carbonyl (C=O) groups excluding carboxylic acids is 1. The van der Waals surface area contributed by atoms with Crippen LogP contribution in [0.5, 0.6) is 0 Å². The highest BCUT2D eigenvalue weighted by atomic mass is 32.1. The molecular formula is C14H16N2OS. The molecule has 0 unspecified atom stereocenters. The summed E-state index contributed by atoms with van der Waals surface area (Å²) >= 11 is 1.44. The summed E-state index contributed by atoms with van der Waals surface area (Å²) in [5.74, 6) is 0.0682. The molecule has 0 atom stereocenters. The Kier molecular flexibility index (Phi) is 3.77. The minimum atomic E-state index is 0.0682. The van der Waals surface area contributed by atoms with Crippen molar-refractivity contribution in [3.63, 3.8) is 0 Å². The van der Waals surface area contributed by atoms with E-state index in [1.165, 1.54) is 16.9 Å². The van der Waals surface area contributed by atoms with Crippen molar-refractivity contribution in [3.8, 4) is 0 Å². The number of nitrogens with zero attached hydrogens (tertiary/aromatic N) is 2. The zero-order valence-corrected chi connectivity index (χ0v) is 11.6. The molecule has 0 radical (unpaired) electrons. The number of hydrogen-bond acceptors (Lipinski definition) is 4. The number of aromatic nitrogens is 1. The molecule has 0 N–H and O–H groups in total. The average molecular weight is 260 g/mol. The van der Waals surface area contributed by atoms with E-state index in [-0.39, 0.29) is 5.78 Å². The lowest BCUT2D eigenvalue weighted by Crippen LogP contribution is -2.15. The summed E-state index contributed by atoms with van der Waals surface area (Å²) in [7, 11) is 0. The number of carbonyl (C=O) groups is 1. The van der Waals surface area contributed by atoms with E-state index >= 15 is 0 Å². The van der Waals surface area contributed by atoms with Gasteiger partial charge in [0.05, 0.1) is 11.1 Å². The van der Waals surface area contributed by atoms with Crippen LogP contribution in [0.2, 0.25) is 0 Å². The van der Waals surface area contributed by atoms with Crippen LogP contribution in [0.3, 0.4) is 0 Å². The zero-order valence-electron chi connectivity index (χ0n) is 10.8. The Balaban J connectivity index is 2.32. The number of thiazole rings is 1. The van der Waals surface area contributed by atoms with Crippen LogP contribution in [0.4, 0.5) is 10.8 Å². The van der Waals surface area contributed by atoms with Gasteiger partial charge in [-0.25, -0.2) is 4.98 Å². The van der Waals surface area contributed by atoms with Crippen molar-refractivity contribution in [1.29, 1.82) is 0 Å². The number of Topliss-reactive ketones (excluding diaryl/α,β-unsaturated/α-hetero) is 1. The quantitative estimate of drug-likeness (QED) is 0.784. The van der Waals surface area contributed by atoms with E-state index < -0.39 is 0 Å². The number of ketones is 1. The van der Waals surface area contributed by atoms with Gasteiger partial charge in [0.25, 0.3) is 0 Å². The summed E-state index contributed by atoms with van der Waals surface area (Å²) in [6, 6.07) is 8.32. The van der Waals surface area contributed by atoms with E-state index in [2.05, 4.69) is 48.0 Å². The van der Waals surface area contributed by atoms with E-state index in [1.54, 1.807) is 13.1 Å². The molecule has 4 heteroatoms. The molecular weight excluding hydrogens is 244 g/mol. The van der Waals surface area contributed by atoms with Crippen LogP contribution in [0.15, 0.2) is 30.5 Å². The fraction of sp³-hybridized carbons (Fsp3) is 0.286. The van der Waals surface area contributed by atoms with Gasteiger partial charge in [-0.2, -0.15) is 0 Å². The first-order valence-corrected chi connectivity index (χ1v) is 6.74. The van der Waals surface area contributed by atoms with Gasteiger partial charge < -0.3 is 4.90 Å². The second kappa shape index (κ2) is 5.31. The summed E-state index contributed by atoms with van der Waals surface area (Å²) in [6.07, 6.45) is 1.65. The van der Waals surface area contributed by atoms with E-state index in [0.29, 0.717) is 4.88 Å². The van der Waals surface area contributed by atoms with Crippen molar-refractivity contribution >= 4 is 27.9 Å². The highest BCUT2D eigenvalue weighted by Crippen LogP contribution is 2.29. The number of anilines is 2. The second-order valence-corrected chi connectivity index (χ2v) is 5.15. The summed E-state index contributed by atoms with van der Waals surface area (Å²) in [5.41, 5.74) is 2.34. The van der Waals surface area contributed by atoms with Gasteiger partial charge in [-0.05, 0) is 26.0 Å². The van der Waals surface area contributed by atoms with E-state index in [1.807, 2.05) is 0 Å². The lowest BCUT2D eigenvalue weighted by atomic mass is 10.2. The van der Waals surface area contributed by atoms with Crippen LogP contribution in [0.1, 0.15) is 29.1 Å². The Labute approximate surface area is 111 Å². The van der Waals surface area contributed by atoms with Gasteiger partial charge >= 0.3 is 0 Å². The predicted molar refractivity (Wildman–Crippen MR) is 76.0 cm³/mol. The molecule has 0 spiro atoms. The molecule has 0 aliphatic heterocycles. The van der Waals surface area contributed by atoms with Gasteiger partial charge in [-0.3, -0.25) is 4.79 Å². The topological polar surface area (TPSA) is 33.2 Å². The SMILES string of the molecule is CCN(c1ccc(C)cc1)c1ncc(C(C)=O)s1. The van der Waals surface area contributed by atoms with Crippen molar-refractivity contribution in [3.05, 3.63) is 40.9 Å². The monoisotopic (exact) mass is 260 g/mol. The molecule has 3 nitrogen and oxygen atoms in total. The molecule has 0 aliphatic carbocycles. The highest BCUT2D eigenvalue weighted by Gasteiger charge is 2.13. The lowest BCUT2D eigenvalue weighted by molar-refractivity contribution is 0.102. The first-order chi connectivity index (χ1) is 8.61. The maximum absolute atomic E-state index is 11.3. The Hall–Kier alpha value is -1.68. The van der Waals surface area contributed by atoms with Crippen LogP contribution in [0.25, 0.3) is 0 Å². The average Bonchev–Trinajstić information content (AvgIpc) is 2.82. The third-order valence-corrected chi connectivity index (χ3v) is 3.85. The Morgan fingerprint density at radius 3 is 2.50 bits per heavy atom. The van der Waals surface area contributed by atoms with Gasteiger partial charge in [-0.1, -0.05) is 29.0 Å². The summed E-state index contributed by atoms with van der Waals surface area (Å²) in [6.45, 7) is 6.54. The minimum Gasteiger partial charge on any atom is -0.318 e. The smallest absolute Gasteiger partial charge is 0.190 e. The molecule has 1 heterocycles. The summed E-state index contributed by atoms with van der Waals surface area (Å²) in [5, 5.41) is 0.867.